The third kappa shape index (κ3) is 8.96. The molecule has 4 aromatic carbocycles. The van der Waals surface area contributed by atoms with Crippen molar-refractivity contribution >= 4 is 60.4 Å². The Kier molecular flexibility index (Phi) is 11.3. The first-order valence-electron chi connectivity index (χ1n) is 9.30. The molecule has 0 aliphatic carbocycles. The molecule has 32 heavy (non-hydrogen) atoms. The van der Waals surface area contributed by atoms with Crippen LogP contribution in [0.25, 0.3) is 11.1 Å². The van der Waals surface area contributed by atoms with E-state index in [1.807, 2.05) is 48.5 Å². The van der Waals surface area contributed by atoms with Crippen molar-refractivity contribution in [3.63, 3.8) is 0 Å². The Labute approximate surface area is 211 Å². The Hall–Kier alpha value is -1.84. The SMILES string of the molecule is Brc1ccccc1Br.Fc1ccc(-c2ccccc2Br)cc1.OB(O)c1ccc(F)cc1. The number of halogens is 5. The molecule has 2 nitrogen and oxygen atoms in total. The van der Waals surface area contributed by atoms with Gasteiger partial charge in [0, 0.05) is 13.4 Å². The van der Waals surface area contributed by atoms with Gasteiger partial charge < -0.3 is 10.0 Å². The molecule has 0 unspecified atom stereocenters. The summed E-state index contributed by atoms with van der Waals surface area (Å²) < 4.78 is 28.1. The average molecular weight is 627 g/mol. The van der Waals surface area contributed by atoms with E-state index in [0.717, 1.165) is 24.5 Å². The normalized spacial score (nSPS) is 9.72. The van der Waals surface area contributed by atoms with Crippen LogP contribution in [-0.2, 0) is 0 Å². The Balaban J connectivity index is 0.000000178. The van der Waals surface area contributed by atoms with Gasteiger partial charge in [-0.15, -0.1) is 0 Å². The number of hydrogen-bond donors (Lipinski definition) is 2. The highest BCUT2D eigenvalue weighted by Gasteiger charge is 2.09. The lowest BCUT2D eigenvalue weighted by atomic mass is 9.80. The van der Waals surface area contributed by atoms with Crippen LogP contribution in [0.1, 0.15) is 0 Å². The van der Waals surface area contributed by atoms with Gasteiger partial charge in [-0.3, -0.25) is 0 Å². The van der Waals surface area contributed by atoms with Crippen LogP contribution in [0.5, 0.6) is 0 Å². The predicted octanol–water partition coefficient (Wildman–Crippen LogP) is 6.97. The first kappa shape index (κ1) is 26.4. The molecule has 0 amide bonds. The highest BCUT2D eigenvalue weighted by atomic mass is 79.9. The van der Waals surface area contributed by atoms with Gasteiger partial charge in [-0.25, -0.2) is 8.78 Å². The van der Waals surface area contributed by atoms with E-state index >= 15 is 0 Å². The van der Waals surface area contributed by atoms with E-state index in [9.17, 15) is 8.78 Å². The second-order valence-corrected chi connectivity index (χ2v) is 8.89. The number of benzene rings is 4. The maximum absolute atomic E-state index is 12.7. The van der Waals surface area contributed by atoms with Crippen LogP contribution < -0.4 is 5.46 Å². The van der Waals surface area contributed by atoms with Gasteiger partial charge in [0.05, 0.1) is 0 Å². The summed E-state index contributed by atoms with van der Waals surface area (Å²) in [7, 11) is -1.51. The fourth-order valence-corrected chi connectivity index (χ4v) is 3.48. The molecule has 0 spiro atoms. The maximum Gasteiger partial charge on any atom is 0.488 e. The third-order valence-electron chi connectivity index (χ3n) is 4.02. The van der Waals surface area contributed by atoms with Gasteiger partial charge in [-0.05, 0) is 90.9 Å². The Bertz CT molecular complexity index is 1090. The zero-order valence-electron chi connectivity index (χ0n) is 16.6. The summed E-state index contributed by atoms with van der Waals surface area (Å²) in [4.78, 5) is 0. The van der Waals surface area contributed by atoms with Gasteiger partial charge in [-0.1, -0.05) is 70.5 Å². The van der Waals surface area contributed by atoms with E-state index in [-0.39, 0.29) is 11.6 Å². The quantitative estimate of drug-likeness (QED) is 0.236. The topological polar surface area (TPSA) is 40.5 Å². The van der Waals surface area contributed by atoms with Crippen LogP contribution in [0.4, 0.5) is 8.78 Å². The fraction of sp³-hybridized carbons (Fsp3) is 0. The van der Waals surface area contributed by atoms with Crippen molar-refractivity contribution < 1.29 is 18.8 Å². The smallest absolute Gasteiger partial charge is 0.423 e. The van der Waals surface area contributed by atoms with E-state index in [2.05, 4.69) is 47.8 Å². The molecule has 0 heterocycles. The van der Waals surface area contributed by atoms with E-state index in [0.29, 0.717) is 5.46 Å². The van der Waals surface area contributed by atoms with Crippen LogP contribution in [0.15, 0.2) is 110 Å². The van der Waals surface area contributed by atoms with Gasteiger partial charge >= 0.3 is 7.12 Å². The van der Waals surface area contributed by atoms with E-state index < -0.39 is 7.12 Å². The summed E-state index contributed by atoms with van der Waals surface area (Å²) in [6.45, 7) is 0. The third-order valence-corrected chi connectivity index (χ3v) is 6.63. The van der Waals surface area contributed by atoms with Gasteiger partial charge in [0.2, 0.25) is 0 Å². The summed E-state index contributed by atoms with van der Waals surface area (Å²) in [5.74, 6) is -0.592. The minimum Gasteiger partial charge on any atom is -0.423 e. The lowest BCUT2D eigenvalue weighted by molar-refractivity contribution is 0.425. The minimum absolute atomic E-state index is 0.208. The molecule has 0 saturated heterocycles. The first-order chi connectivity index (χ1) is 15.3. The van der Waals surface area contributed by atoms with Gasteiger partial charge in [-0.2, -0.15) is 0 Å². The molecule has 0 saturated carbocycles. The summed E-state index contributed by atoms with van der Waals surface area (Å²) in [5, 5.41) is 17.1. The molecule has 0 fully saturated rings. The molecular formula is C24H18BBr3F2O2. The Morgan fingerprint density at radius 3 is 1.34 bits per heavy atom. The van der Waals surface area contributed by atoms with Crippen molar-refractivity contribution in [3.05, 3.63) is 122 Å². The first-order valence-corrected chi connectivity index (χ1v) is 11.7. The van der Waals surface area contributed by atoms with E-state index in [1.54, 1.807) is 12.1 Å². The lowest BCUT2D eigenvalue weighted by Crippen LogP contribution is -2.29. The molecule has 4 rings (SSSR count). The molecule has 0 atom stereocenters. The van der Waals surface area contributed by atoms with Crippen molar-refractivity contribution in [1.29, 1.82) is 0 Å². The van der Waals surface area contributed by atoms with Crippen molar-refractivity contribution in [2.24, 2.45) is 0 Å². The molecule has 8 heteroatoms. The van der Waals surface area contributed by atoms with E-state index in [4.69, 9.17) is 10.0 Å². The summed E-state index contributed by atoms with van der Waals surface area (Å²) in [6.07, 6.45) is 0. The molecule has 164 valence electrons. The highest BCUT2D eigenvalue weighted by Crippen LogP contribution is 2.27. The predicted molar refractivity (Wildman–Crippen MR) is 138 cm³/mol. The second-order valence-electron chi connectivity index (χ2n) is 6.33. The minimum atomic E-state index is -1.51. The lowest BCUT2D eigenvalue weighted by Gasteiger charge is -2.03. The highest BCUT2D eigenvalue weighted by molar-refractivity contribution is 9.13. The molecule has 0 radical (unpaired) electrons. The van der Waals surface area contributed by atoms with Crippen molar-refractivity contribution in [2.75, 3.05) is 0 Å². The van der Waals surface area contributed by atoms with E-state index in [1.165, 1.54) is 36.4 Å². The van der Waals surface area contributed by atoms with Crippen LogP contribution >= 0.6 is 47.8 Å². The van der Waals surface area contributed by atoms with Gasteiger partial charge in [0.15, 0.2) is 0 Å². The largest absolute Gasteiger partial charge is 0.488 e. The zero-order valence-corrected chi connectivity index (χ0v) is 21.4. The molecule has 0 aromatic heterocycles. The Morgan fingerprint density at radius 1 is 0.531 bits per heavy atom. The molecule has 0 aliphatic heterocycles. The van der Waals surface area contributed by atoms with Crippen molar-refractivity contribution in [3.8, 4) is 11.1 Å². The molecule has 0 aliphatic rings. The number of rotatable bonds is 2. The van der Waals surface area contributed by atoms with Crippen molar-refractivity contribution in [1.82, 2.24) is 0 Å². The van der Waals surface area contributed by atoms with Crippen LogP contribution in [0.3, 0.4) is 0 Å². The maximum atomic E-state index is 12.7. The summed E-state index contributed by atoms with van der Waals surface area (Å²) >= 11 is 10.2. The molecule has 4 aromatic rings. The van der Waals surface area contributed by atoms with Crippen LogP contribution in [0, 0.1) is 11.6 Å². The summed E-state index contributed by atoms with van der Waals surface area (Å²) in [5.41, 5.74) is 2.38. The van der Waals surface area contributed by atoms with Gasteiger partial charge in [0.25, 0.3) is 0 Å². The van der Waals surface area contributed by atoms with Crippen LogP contribution in [-0.4, -0.2) is 17.2 Å². The summed E-state index contributed by atoms with van der Waals surface area (Å²) in [6, 6.07) is 27.3. The fourth-order valence-electron chi connectivity index (χ4n) is 2.40. The standard InChI is InChI=1S/C12H8BrF.C6H6BFO2.C6H4Br2/c13-12-4-2-1-3-11(12)9-5-7-10(14)8-6-9;8-6-3-1-5(2-4-6)7(9)10;7-5-3-1-2-4-6(5)8/h1-8H;1-4,9-10H;1-4H. The molecule has 0 bridgehead atoms. The molecule has 2 N–H and O–H groups in total. The second kappa shape index (κ2) is 13.7. The van der Waals surface area contributed by atoms with Crippen molar-refractivity contribution in [2.45, 2.75) is 0 Å². The monoisotopic (exact) mass is 624 g/mol. The van der Waals surface area contributed by atoms with Gasteiger partial charge in [0.1, 0.15) is 11.6 Å². The average Bonchev–Trinajstić information content (AvgIpc) is 2.78. The number of hydrogen-bond acceptors (Lipinski definition) is 2. The van der Waals surface area contributed by atoms with Crippen LogP contribution in [0.2, 0.25) is 0 Å². The zero-order chi connectivity index (χ0) is 23.5. The molecular weight excluding hydrogens is 609 g/mol. The Morgan fingerprint density at radius 2 is 0.938 bits per heavy atom.